The molecule has 0 spiro atoms. The summed E-state index contributed by atoms with van der Waals surface area (Å²) in [5.41, 5.74) is 0.383. The lowest BCUT2D eigenvalue weighted by atomic mass is 9.82. The molecule has 0 aliphatic carbocycles. The molecule has 0 saturated carbocycles. The molecule has 0 aromatic heterocycles. The van der Waals surface area contributed by atoms with Gasteiger partial charge in [-0.2, -0.15) is 0 Å². The summed E-state index contributed by atoms with van der Waals surface area (Å²) in [4.78, 5) is 2.50. The summed E-state index contributed by atoms with van der Waals surface area (Å²) in [5.74, 6) is 0. The fraction of sp³-hybridized carbons (Fsp3) is 1.00. The van der Waals surface area contributed by atoms with Gasteiger partial charge in [-0.05, 0) is 31.7 Å². The molecule has 0 aromatic rings. The van der Waals surface area contributed by atoms with Crippen LogP contribution in [0.2, 0.25) is 0 Å². The van der Waals surface area contributed by atoms with Gasteiger partial charge in [0.05, 0.1) is 13.2 Å². The fourth-order valence-electron chi connectivity index (χ4n) is 2.75. The van der Waals surface area contributed by atoms with E-state index in [0.29, 0.717) is 11.5 Å². The molecule has 0 bridgehead atoms. The van der Waals surface area contributed by atoms with Gasteiger partial charge in [-0.25, -0.2) is 0 Å². The Kier molecular flexibility index (Phi) is 7.15. The second-order valence-corrected chi connectivity index (χ2v) is 5.86. The molecule has 18 heavy (non-hydrogen) atoms. The smallest absolute Gasteiger partial charge is 0.0615 e. The number of ether oxygens (including phenoxy) is 2. The maximum Gasteiger partial charge on any atom is 0.0615 e. The summed E-state index contributed by atoms with van der Waals surface area (Å²) in [6, 6.07) is 0.448. The van der Waals surface area contributed by atoms with Gasteiger partial charge in [0.2, 0.25) is 0 Å². The number of rotatable bonds is 8. The van der Waals surface area contributed by atoms with E-state index in [4.69, 9.17) is 9.47 Å². The molecule has 4 heteroatoms. The lowest BCUT2D eigenvalue weighted by Crippen LogP contribution is -2.50. The molecule has 0 aromatic carbocycles. The Balaban J connectivity index is 2.52. The molecule has 2 atom stereocenters. The third kappa shape index (κ3) is 5.22. The van der Waals surface area contributed by atoms with Crippen molar-refractivity contribution >= 4 is 0 Å². The number of piperidine rings is 1. The van der Waals surface area contributed by atoms with E-state index in [2.05, 4.69) is 24.1 Å². The Morgan fingerprint density at radius 1 is 1.33 bits per heavy atom. The van der Waals surface area contributed by atoms with E-state index >= 15 is 0 Å². The van der Waals surface area contributed by atoms with Gasteiger partial charge in [0.15, 0.2) is 0 Å². The van der Waals surface area contributed by atoms with Crippen LogP contribution in [0.3, 0.4) is 0 Å². The highest BCUT2D eigenvalue weighted by Gasteiger charge is 2.30. The van der Waals surface area contributed by atoms with Crippen LogP contribution in [0.5, 0.6) is 0 Å². The summed E-state index contributed by atoms with van der Waals surface area (Å²) < 4.78 is 10.5. The molecule has 1 fully saturated rings. The van der Waals surface area contributed by atoms with Gasteiger partial charge in [-0.3, -0.25) is 4.90 Å². The minimum Gasteiger partial charge on any atom is -0.383 e. The maximum atomic E-state index is 5.29. The molecule has 0 radical (unpaired) electrons. The minimum atomic E-state index is 0.383. The van der Waals surface area contributed by atoms with Crippen LogP contribution in [0.25, 0.3) is 0 Å². The molecule has 108 valence electrons. The molecule has 1 saturated heterocycles. The quantitative estimate of drug-likeness (QED) is 0.713. The Morgan fingerprint density at radius 3 is 2.67 bits per heavy atom. The number of nitrogens with one attached hydrogen (secondary N) is 1. The monoisotopic (exact) mass is 258 g/mol. The third-order valence-corrected chi connectivity index (χ3v) is 3.88. The van der Waals surface area contributed by atoms with Gasteiger partial charge in [0.1, 0.15) is 0 Å². The van der Waals surface area contributed by atoms with Crippen molar-refractivity contribution in [1.82, 2.24) is 10.2 Å². The maximum absolute atomic E-state index is 5.29. The van der Waals surface area contributed by atoms with Crippen molar-refractivity contribution < 1.29 is 9.47 Å². The van der Waals surface area contributed by atoms with E-state index in [1.807, 2.05) is 0 Å². The zero-order chi connectivity index (χ0) is 13.4. The zero-order valence-electron chi connectivity index (χ0n) is 12.5. The molecule has 1 aliphatic heterocycles. The second-order valence-electron chi connectivity index (χ2n) is 5.86. The van der Waals surface area contributed by atoms with Gasteiger partial charge >= 0.3 is 0 Å². The van der Waals surface area contributed by atoms with Crippen molar-refractivity contribution in [3.8, 4) is 0 Å². The van der Waals surface area contributed by atoms with Crippen LogP contribution < -0.4 is 5.32 Å². The third-order valence-electron chi connectivity index (χ3n) is 3.88. The first-order valence-electron chi connectivity index (χ1n) is 7.04. The van der Waals surface area contributed by atoms with E-state index in [-0.39, 0.29) is 0 Å². The van der Waals surface area contributed by atoms with E-state index in [0.717, 1.165) is 32.8 Å². The number of methoxy groups -OCH3 is 2. The Hall–Kier alpha value is -0.160. The van der Waals surface area contributed by atoms with Crippen LogP contribution >= 0.6 is 0 Å². The van der Waals surface area contributed by atoms with E-state index in [9.17, 15) is 0 Å². The molecular formula is C14H30N2O2. The van der Waals surface area contributed by atoms with Crippen molar-refractivity contribution in [3.05, 3.63) is 0 Å². The van der Waals surface area contributed by atoms with Crippen LogP contribution in [-0.4, -0.2) is 64.6 Å². The molecule has 0 amide bonds. The molecule has 2 unspecified atom stereocenters. The van der Waals surface area contributed by atoms with Crippen molar-refractivity contribution in [3.63, 3.8) is 0 Å². The Labute approximate surface area is 112 Å². The highest BCUT2D eigenvalue weighted by Crippen LogP contribution is 2.27. The molecular weight excluding hydrogens is 228 g/mol. The van der Waals surface area contributed by atoms with Gasteiger partial charge in [-0.1, -0.05) is 6.92 Å². The molecule has 4 nitrogen and oxygen atoms in total. The van der Waals surface area contributed by atoms with Crippen LogP contribution in [0, 0.1) is 5.41 Å². The molecule has 1 aliphatic rings. The summed E-state index contributed by atoms with van der Waals surface area (Å²) in [6.45, 7) is 10.6. The summed E-state index contributed by atoms with van der Waals surface area (Å²) in [7, 11) is 3.54. The van der Waals surface area contributed by atoms with Crippen LogP contribution in [0.4, 0.5) is 0 Å². The largest absolute Gasteiger partial charge is 0.383 e. The van der Waals surface area contributed by atoms with Crippen molar-refractivity contribution in [1.29, 1.82) is 0 Å². The average molecular weight is 258 g/mol. The lowest BCUT2D eigenvalue weighted by Gasteiger charge is -2.40. The second kappa shape index (κ2) is 8.10. The number of hydrogen-bond acceptors (Lipinski definition) is 4. The van der Waals surface area contributed by atoms with Crippen molar-refractivity contribution in [2.24, 2.45) is 5.41 Å². The van der Waals surface area contributed by atoms with Crippen molar-refractivity contribution in [2.75, 3.05) is 53.6 Å². The molecule has 1 N–H and O–H groups in total. The summed E-state index contributed by atoms with van der Waals surface area (Å²) in [5, 5.41) is 3.52. The van der Waals surface area contributed by atoms with Crippen LogP contribution in [0.15, 0.2) is 0 Å². The van der Waals surface area contributed by atoms with Gasteiger partial charge in [0.25, 0.3) is 0 Å². The summed E-state index contributed by atoms with van der Waals surface area (Å²) in [6.07, 6.45) is 2.59. The van der Waals surface area contributed by atoms with Gasteiger partial charge < -0.3 is 14.8 Å². The van der Waals surface area contributed by atoms with Crippen LogP contribution in [0.1, 0.15) is 26.7 Å². The minimum absolute atomic E-state index is 0.383. The SMILES string of the molecule is COCCN(CC1(C)CCCNC1)C(C)COC. The van der Waals surface area contributed by atoms with Gasteiger partial charge in [-0.15, -0.1) is 0 Å². The van der Waals surface area contributed by atoms with Crippen molar-refractivity contribution in [2.45, 2.75) is 32.7 Å². The summed E-state index contributed by atoms with van der Waals surface area (Å²) >= 11 is 0. The van der Waals surface area contributed by atoms with Gasteiger partial charge in [0, 0.05) is 39.9 Å². The van der Waals surface area contributed by atoms with Crippen LogP contribution in [-0.2, 0) is 9.47 Å². The topological polar surface area (TPSA) is 33.7 Å². The molecule has 1 rings (SSSR count). The number of hydrogen-bond donors (Lipinski definition) is 1. The van der Waals surface area contributed by atoms with E-state index < -0.39 is 0 Å². The predicted octanol–water partition coefficient (Wildman–Crippen LogP) is 1.36. The lowest BCUT2D eigenvalue weighted by molar-refractivity contribution is 0.0402. The van der Waals surface area contributed by atoms with E-state index in [1.54, 1.807) is 14.2 Å². The standard InChI is InChI=1S/C14H30N2O2/c1-13(10-18-4)16(8-9-17-3)12-14(2)6-5-7-15-11-14/h13,15H,5-12H2,1-4H3. The highest BCUT2D eigenvalue weighted by molar-refractivity contribution is 4.85. The predicted molar refractivity (Wildman–Crippen MR) is 75.0 cm³/mol. The Morgan fingerprint density at radius 2 is 2.11 bits per heavy atom. The van der Waals surface area contributed by atoms with E-state index in [1.165, 1.54) is 19.4 Å². The normalized spacial score (nSPS) is 26.5. The first-order valence-corrected chi connectivity index (χ1v) is 7.04. The Bertz CT molecular complexity index is 218. The zero-order valence-corrected chi connectivity index (χ0v) is 12.5. The average Bonchev–Trinajstić information content (AvgIpc) is 2.35. The first kappa shape index (κ1) is 15.9. The fourth-order valence-corrected chi connectivity index (χ4v) is 2.75. The highest BCUT2D eigenvalue weighted by atomic mass is 16.5. The number of nitrogens with zero attached hydrogens (tertiary/aromatic N) is 1. The first-order chi connectivity index (χ1) is 8.61. The molecule has 1 heterocycles.